The number of terminal acetylenes is 1. The first kappa shape index (κ1) is 26.5. The third-order valence-corrected chi connectivity index (χ3v) is 6.35. The molecule has 40 heavy (non-hydrogen) atoms. The lowest BCUT2D eigenvalue weighted by Crippen LogP contribution is -2.29. The summed E-state index contributed by atoms with van der Waals surface area (Å²) < 4.78 is 23.4. The van der Waals surface area contributed by atoms with Crippen molar-refractivity contribution in [3.8, 4) is 29.7 Å². The van der Waals surface area contributed by atoms with E-state index in [0.29, 0.717) is 22.9 Å². The predicted molar refractivity (Wildman–Crippen MR) is 153 cm³/mol. The molecule has 0 saturated carbocycles. The molecular weight excluding hydrogens is 507 g/mol. The lowest BCUT2D eigenvalue weighted by molar-refractivity contribution is 0.251. The fourth-order valence-electron chi connectivity index (χ4n) is 4.15. The predicted octanol–water partition coefficient (Wildman–Crippen LogP) is 6.52. The van der Waals surface area contributed by atoms with Crippen LogP contribution in [0.3, 0.4) is 0 Å². The minimum Gasteiger partial charge on any atom is -0.457 e. The average Bonchev–Trinajstić information content (AvgIpc) is 3.53. The highest BCUT2D eigenvalue weighted by Crippen LogP contribution is 2.29. The highest BCUT2D eigenvalue weighted by Gasteiger charge is 2.21. The molecule has 3 aromatic carbocycles. The molecule has 2 N–H and O–H groups in total. The quantitative estimate of drug-likeness (QED) is 0.242. The van der Waals surface area contributed by atoms with Gasteiger partial charge in [0.2, 0.25) is 0 Å². The molecule has 5 aromatic rings. The number of anilines is 1. The molecule has 0 aliphatic carbocycles. The van der Waals surface area contributed by atoms with Gasteiger partial charge in [-0.15, -0.1) is 0 Å². The molecule has 0 aliphatic heterocycles. The highest BCUT2D eigenvalue weighted by atomic mass is 19.1. The van der Waals surface area contributed by atoms with Crippen molar-refractivity contribution in [2.45, 2.75) is 39.7 Å². The molecule has 9 heteroatoms. The Balaban J connectivity index is 1.33. The molecule has 2 amide bonds. The number of hydrogen-bond acceptors (Lipinski definition) is 4. The Morgan fingerprint density at radius 1 is 1.07 bits per heavy atom. The Kier molecular flexibility index (Phi) is 7.01. The van der Waals surface area contributed by atoms with Crippen LogP contribution in [0.2, 0.25) is 0 Å². The Hall–Kier alpha value is -5.10. The zero-order valence-electron chi connectivity index (χ0n) is 22.7. The number of aryl methyl sites for hydroxylation is 1. The van der Waals surface area contributed by atoms with Gasteiger partial charge in [-0.2, -0.15) is 14.9 Å². The zero-order valence-corrected chi connectivity index (χ0v) is 22.7. The van der Waals surface area contributed by atoms with Gasteiger partial charge in [0, 0.05) is 35.0 Å². The first-order valence-electron chi connectivity index (χ1n) is 12.7. The van der Waals surface area contributed by atoms with Gasteiger partial charge in [-0.1, -0.05) is 44.9 Å². The second-order valence-electron chi connectivity index (χ2n) is 10.5. The van der Waals surface area contributed by atoms with Crippen molar-refractivity contribution < 1.29 is 13.9 Å². The number of amides is 2. The van der Waals surface area contributed by atoms with Gasteiger partial charge >= 0.3 is 6.03 Å². The van der Waals surface area contributed by atoms with Gasteiger partial charge in [0.05, 0.1) is 23.1 Å². The highest BCUT2D eigenvalue weighted by molar-refractivity contribution is 5.88. The van der Waals surface area contributed by atoms with Gasteiger partial charge in [0.25, 0.3) is 0 Å². The van der Waals surface area contributed by atoms with Crippen molar-refractivity contribution >= 4 is 22.8 Å². The van der Waals surface area contributed by atoms with Crippen LogP contribution >= 0.6 is 0 Å². The SMILES string of the molecule is C#Cn1ncc2cc(Oc3ccc(F)cc3CNC(=O)Nc3cc(C(C)(C)C)nn3-c3ccc(C)cc3)ccc21. The second kappa shape index (κ2) is 10.6. The monoisotopic (exact) mass is 536 g/mol. The Morgan fingerprint density at radius 2 is 1.85 bits per heavy atom. The van der Waals surface area contributed by atoms with E-state index in [1.54, 1.807) is 29.1 Å². The van der Waals surface area contributed by atoms with E-state index in [0.717, 1.165) is 27.8 Å². The molecular formula is C31H29FN6O2. The molecule has 5 rings (SSSR count). The summed E-state index contributed by atoms with van der Waals surface area (Å²) in [6.07, 6.45) is 7.11. The Labute approximate surface area is 231 Å². The molecule has 0 spiro atoms. The van der Waals surface area contributed by atoms with Crippen molar-refractivity contribution in [3.63, 3.8) is 0 Å². The van der Waals surface area contributed by atoms with Crippen LogP contribution in [0.4, 0.5) is 15.0 Å². The maximum absolute atomic E-state index is 14.2. The van der Waals surface area contributed by atoms with Crippen molar-refractivity contribution in [1.82, 2.24) is 24.9 Å². The number of benzene rings is 3. The first-order chi connectivity index (χ1) is 19.1. The van der Waals surface area contributed by atoms with Crippen LogP contribution in [0.15, 0.2) is 72.9 Å². The Morgan fingerprint density at radius 3 is 2.58 bits per heavy atom. The van der Waals surface area contributed by atoms with Crippen LogP contribution in [0.25, 0.3) is 16.6 Å². The van der Waals surface area contributed by atoms with Crippen molar-refractivity contribution in [3.05, 3.63) is 95.6 Å². The van der Waals surface area contributed by atoms with Gasteiger partial charge in [-0.3, -0.25) is 5.32 Å². The normalized spacial score (nSPS) is 11.3. The number of halogens is 1. The van der Waals surface area contributed by atoms with Crippen molar-refractivity contribution in [1.29, 1.82) is 0 Å². The summed E-state index contributed by atoms with van der Waals surface area (Å²) in [5.74, 6) is 1.01. The van der Waals surface area contributed by atoms with Crippen molar-refractivity contribution in [2.75, 3.05) is 5.32 Å². The van der Waals surface area contributed by atoms with Crippen LogP contribution in [0, 0.1) is 25.2 Å². The molecule has 0 bridgehead atoms. The summed E-state index contributed by atoms with van der Waals surface area (Å²) in [5.41, 5.74) is 3.79. The van der Waals surface area contributed by atoms with E-state index in [1.807, 2.05) is 37.3 Å². The first-order valence-corrected chi connectivity index (χ1v) is 12.7. The largest absolute Gasteiger partial charge is 0.457 e. The standard InChI is InChI=1S/C31H29FN6O2/c1-6-37-26-13-12-25(16-21(26)19-34-37)40-27-14-9-23(32)15-22(27)18-33-30(39)35-29-17-28(31(3,4)5)36-38(29)24-10-7-20(2)8-11-24/h1,7-17,19H,18H2,2-5H3,(H2,33,35,39). The number of hydrogen-bond donors (Lipinski definition) is 2. The van der Waals surface area contributed by atoms with E-state index in [4.69, 9.17) is 16.3 Å². The minimum atomic E-state index is -0.466. The fourth-order valence-corrected chi connectivity index (χ4v) is 4.15. The van der Waals surface area contributed by atoms with E-state index in [9.17, 15) is 9.18 Å². The van der Waals surface area contributed by atoms with Gasteiger partial charge in [0.1, 0.15) is 23.1 Å². The van der Waals surface area contributed by atoms with E-state index in [1.165, 1.54) is 22.9 Å². The number of carbonyl (C=O) groups is 1. The zero-order chi connectivity index (χ0) is 28.4. The molecule has 0 unspecified atom stereocenters. The third kappa shape index (κ3) is 5.66. The molecule has 0 fully saturated rings. The number of nitrogens with zero attached hydrogens (tertiary/aromatic N) is 4. The molecule has 0 atom stereocenters. The molecule has 0 aliphatic rings. The molecule has 8 nitrogen and oxygen atoms in total. The average molecular weight is 537 g/mol. The van der Waals surface area contributed by atoms with Crippen LogP contribution < -0.4 is 15.4 Å². The molecule has 2 heterocycles. The molecule has 202 valence electrons. The second-order valence-corrected chi connectivity index (χ2v) is 10.5. The lowest BCUT2D eigenvalue weighted by Gasteiger charge is -2.14. The smallest absolute Gasteiger partial charge is 0.320 e. The number of rotatable bonds is 6. The summed E-state index contributed by atoms with van der Waals surface area (Å²) in [6, 6.07) is 21.3. The van der Waals surface area contributed by atoms with Crippen LogP contribution in [0.1, 0.15) is 37.6 Å². The number of aromatic nitrogens is 4. The maximum atomic E-state index is 14.2. The molecule has 0 radical (unpaired) electrons. The fraction of sp³-hybridized carbons (Fsp3) is 0.194. The summed E-state index contributed by atoms with van der Waals surface area (Å²) >= 11 is 0. The van der Waals surface area contributed by atoms with E-state index < -0.39 is 11.8 Å². The minimum absolute atomic E-state index is 0.0288. The molecule has 0 saturated heterocycles. The summed E-state index contributed by atoms with van der Waals surface area (Å²) in [6.45, 7) is 8.21. The van der Waals surface area contributed by atoms with Gasteiger partial charge in [-0.25, -0.2) is 13.9 Å². The number of urea groups is 1. The number of nitrogens with one attached hydrogen (secondary N) is 2. The van der Waals surface area contributed by atoms with Gasteiger partial charge in [-0.05, 0) is 55.5 Å². The Bertz CT molecular complexity index is 1740. The van der Waals surface area contributed by atoms with Gasteiger partial charge in [0.15, 0.2) is 0 Å². The van der Waals surface area contributed by atoms with E-state index >= 15 is 0 Å². The van der Waals surface area contributed by atoms with E-state index in [-0.39, 0.29) is 12.0 Å². The number of carbonyl (C=O) groups excluding carboxylic acids is 1. The maximum Gasteiger partial charge on any atom is 0.320 e. The van der Waals surface area contributed by atoms with Crippen LogP contribution in [-0.2, 0) is 12.0 Å². The summed E-state index contributed by atoms with van der Waals surface area (Å²) in [5, 5.41) is 15.4. The van der Waals surface area contributed by atoms with Crippen molar-refractivity contribution in [2.24, 2.45) is 0 Å². The number of ether oxygens (including phenoxy) is 1. The third-order valence-electron chi connectivity index (χ3n) is 6.35. The van der Waals surface area contributed by atoms with Gasteiger partial charge < -0.3 is 10.1 Å². The van der Waals surface area contributed by atoms with Crippen LogP contribution in [-0.4, -0.2) is 25.6 Å². The van der Waals surface area contributed by atoms with E-state index in [2.05, 4.69) is 42.5 Å². The lowest BCUT2D eigenvalue weighted by atomic mass is 9.92. The molecule has 2 aromatic heterocycles. The topological polar surface area (TPSA) is 86.0 Å². The van der Waals surface area contributed by atoms with Crippen LogP contribution in [0.5, 0.6) is 11.5 Å². The number of fused-ring (bicyclic) bond motifs is 1. The summed E-state index contributed by atoms with van der Waals surface area (Å²) in [4.78, 5) is 13.0. The summed E-state index contributed by atoms with van der Waals surface area (Å²) in [7, 11) is 0.